The molecule has 2 aliphatic rings. The monoisotopic (exact) mass is 256 g/mol. The summed E-state index contributed by atoms with van der Waals surface area (Å²) >= 11 is 0. The van der Waals surface area contributed by atoms with Crippen LogP contribution in [-0.2, 0) is 4.74 Å². The molecule has 0 unspecified atom stereocenters. The Bertz CT molecular complexity index is 340. The minimum absolute atomic E-state index is 0.0945. The van der Waals surface area contributed by atoms with Gasteiger partial charge in [0.25, 0.3) is 0 Å². The van der Waals surface area contributed by atoms with Crippen LogP contribution < -0.4 is 0 Å². The number of rotatable bonds is 1. The molecule has 1 N–H and O–H groups in total. The number of likely N-dealkylation sites (tertiary alicyclic amines) is 2. The smallest absolute Gasteiger partial charge is 0.410 e. The first-order valence-corrected chi connectivity index (χ1v) is 6.35. The van der Waals surface area contributed by atoms with E-state index in [1.54, 1.807) is 4.90 Å². The zero-order valence-corrected chi connectivity index (χ0v) is 10.9. The summed E-state index contributed by atoms with van der Waals surface area (Å²) in [5, 5.41) is 8.88. The van der Waals surface area contributed by atoms with E-state index < -0.39 is 6.09 Å². The van der Waals surface area contributed by atoms with Crippen molar-refractivity contribution in [1.29, 1.82) is 0 Å². The molecular weight excluding hydrogens is 236 g/mol. The van der Waals surface area contributed by atoms with Crippen LogP contribution in [0.25, 0.3) is 0 Å². The van der Waals surface area contributed by atoms with Crippen LogP contribution in [0.15, 0.2) is 0 Å². The maximum Gasteiger partial charge on any atom is 0.410 e. The molecule has 6 nitrogen and oxygen atoms in total. The molecule has 2 amide bonds. The van der Waals surface area contributed by atoms with Crippen LogP contribution in [0.1, 0.15) is 26.7 Å². The molecule has 18 heavy (non-hydrogen) atoms. The summed E-state index contributed by atoms with van der Waals surface area (Å²) < 4.78 is 5.13. The molecule has 0 aliphatic carbocycles. The van der Waals surface area contributed by atoms with E-state index in [-0.39, 0.29) is 17.6 Å². The van der Waals surface area contributed by atoms with E-state index in [4.69, 9.17) is 9.84 Å². The van der Waals surface area contributed by atoms with Crippen molar-refractivity contribution in [3.05, 3.63) is 0 Å². The highest BCUT2D eigenvalue weighted by atomic mass is 16.6. The number of hydrogen-bond donors (Lipinski definition) is 1. The Labute approximate surface area is 106 Å². The Balaban J connectivity index is 1.79. The highest BCUT2D eigenvalue weighted by molar-refractivity contribution is 5.69. The van der Waals surface area contributed by atoms with E-state index in [2.05, 4.69) is 0 Å². The zero-order valence-electron chi connectivity index (χ0n) is 10.9. The number of carboxylic acid groups (broad SMARTS) is 1. The second-order valence-electron chi connectivity index (χ2n) is 5.56. The molecule has 0 saturated carbocycles. The first-order chi connectivity index (χ1) is 8.42. The van der Waals surface area contributed by atoms with Gasteiger partial charge in [-0.15, -0.1) is 0 Å². The third kappa shape index (κ3) is 2.52. The van der Waals surface area contributed by atoms with Crippen molar-refractivity contribution in [2.24, 2.45) is 5.41 Å². The summed E-state index contributed by atoms with van der Waals surface area (Å²) in [6.45, 7) is 6.21. The SMILES string of the molecule is CC(C)OC(=O)N1CC2(CCN(C(=O)O)CC2)C1. The van der Waals surface area contributed by atoms with Crippen LogP contribution in [0.2, 0.25) is 0 Å². The second kappa shape index (κ2) is 4.66. The lowest BCUT2D eigenvalue weighted by Gasteiger charge is -2.53. The van der Waals surface area contributed by atoms with Gasteiger partial charge in [-0.3, -0.25) is 0 Å². The molecule has 2 fully saturated rings. The number of hydrogen-bond acceptors (Lipinski definition) is 3. The summed E-state index contributed by atoms with van der Waals surface area (Å²) in [7, 11) is 0. The summed E-state index contributed by atoms with van der Waals surface area (Å²) in [4.78, 5) is 25.6. The van der Waals surface area contributed by atoms with Crippen molar-refractivity contribution < 1.29 is 19.4 Å². The molecule has 2 aliphatic heterocycles. The quantitative estimate of drug-likeness (QED) is 0.773. The number of ether oxygens (including phenoxy) is 1. The van der Waals surface area contributed by atoms with Gasteiger partial charge in [-0.25, -0.2) is 9.59 Å². The maximum absolute atomic E-state index is 11.6. The zero-order chi connectivity index (χ0) is 13.3. The first kappa shape index (κ1) is 13.0. The van der Waals surface area contributed by atoms with Crippen molar-refractivity contribution in [2.45, 2.75) is 32.8 Å². The molecule has 0 bridgehead atoms. The van der Waals surface area contributed by atoms with Crippen LogP contribution in [0.5, 0.6) is 0 Å². The van der Waals surface area contributed by atoms with Crippen LogP contribution in [0, 0.1) is 5.41 Å². The Hall–Kier alpha value is -1.46. The van der Waals surface area contributed by atoms with Gasteiger partial charge in [0.05, 0.1) is 6.10 Å². The molecule has 102 valence electrons. The van der Waals surface area contributed by atoms with Crippen LogP contribution in [0.3, 0.4) is 0 Å². The minimum Gasteiger partial charge on any atom is -0.465 e. The summed E-state index contributed by atoms with van der Waals surface area (Å²) in [5.74, 6) is 0. The van der Waals surface area contributed by atoms with Crippen LogP contribution in [-0.4, -0.2) is 59.4 Å². The predicted octanol–water partition coefficient (Wildman–Crippen LogP) is 1.61. The van der Waals surface area contributed by atoms with Crippen molar-refractivity contribution in [3.8, 4) is 0 Å². The molecule has 0 aromatic carbocycles. The van der Waals surface area contributed by atoms with E-state index in [0.717, 1.165) is 12.8 Å². The normalized spacial score (nSPS) is 21.9. The van der Waals surface area contributed by atoms with E-state index in [1.165, 1.54) is 4.90 Å². The number of amides is 2. The third-order valence-corrected chi connectivity index (χ3v) is 3.74. The van der Waals surface area contributed by atoms with Gasteiger partial charge in [0.15, 0.2) is 0 Å². The second-order valence-corrected chi connectivity index (χ2v) is 5.56. The molecule has 0 atom stereocenters. The van der Waals surface area contributed by atoms with Gasteiger partial charge >= 0.3 is 12.2 Å². The molecule has 2 saturated heterocycles. The van der Waals surface area contributed by atoms with Gasteiger partial charge in [-0.2, -0.15) is 0 Å². The van der Waals surface area contributed by atoms with Crippen molar-refractivity contribution in [1.82, 2.24) is 9.80 Å². The molecule has 0 aromatic rings. The first-order valence-electron chi connectivity index (χ1n) is 6.35. The predicted molar refractivity (Wildman–Crippen MR) is 64.5 cm³/mol. The topological polar surface area (TPSA) is 70.1 Å². The molecule has 6 heteroatoms. The minimum atomic E-state index is -0.847. The average Bonchev–Trinajstić information content (AvgIpc) is 2.24. The molecule has 0 radical (unpaired) electrons. The molecule has 2 heterocycles. The summed E-state index contributed by atoms with van der Waals surface area (Å²) in [6.07, 6.45) is 0.481. The standard InChI is InChI=1S/C12H20N2O4/c1-9(2)18-11(17)14-7-12(8-14)3-5-13(6-4-12)10(15)16/h9H,3-8H2,1-2H3,(H,15,16). The molecule has 0 aromatic heterocycles. The summed E-state index contributed by atoms with van der Waals surface area (Å²) in [6, 6.07) is 0. The van der Waals surface area contributed by atoms with E-state index in [0.29, 0.717) is 26.2 Å². The highest BCUT2D eigenvalue weighted by Crippen LogP contribution is 2.40. The maximum atomic E-state index is 11.6. The van der Waals surface area contributed by atoms with Gasteiger partial charge in [0, 0.05) is 31.6 Å². The highest BCUT2D eigenvalue weighted by Gasteiger charge is 2.47. The Morgan fingerprint density at radius 1 is 1.17 bits per heavy atom. The van der Waals surface area contributed by atoms with Crippen molar-refractivity contribution >= 4 is 12.2 Å². The Morgan fingerprint density at radius 2 is 1.72 bits per heavy atom. The van der Waals surface area contributed by atoms with Gasteiger partial charge in [0.2, 0.25) is 0 Å². The van der Waals surface area contributed by atoms with E-state index in [9.17, 15) is 9.59 Å². The molecule has 2 rings (SSSR count). The lowest BCUT2D eigenvalue weighted by molar-refractivity contribution is -0.0435. The summed E-state index contributed by atoms with van der Waals surface area (Å²) in [5.41, 5.74) is 0.127. The van der Waals surface area contributed by atoms with Crippen molar-refractivity contribution in [2.75, 3.05) is 26.2 Å². The van der Waals surface area contributed by atoms with Gasteiger partial charge in [-0.05, 0) is 26.7 Å². The van der Waals surface area contributed by atoms with E-state index >= 15 is 0 Å². The number of carbonyl (C=O) groups is 2. The fraction of sp³-hybridized carbons (Fsp3) is 0.833. The van der Waals surface area contributed by atoms with Crippen LogP contribution >= 0.6 is 0 Å². The number of piperidine rings is 1. The largest absolute Gasteiger partial charge is 0.465 e. The molecular formula is C12H20N2O4. The number of nitrogens with zero attached hydrogens (tertiary/aromatic N) is 2. The van der Waals surface area contributed by atoms with Gasteiger partial charge in [0.1, 0.15) is 0 Å². The van der Waals surface area contributed by atoms with Gasteiger partial charge < -0.3 is 19.6 Å². The molecule has 1 spiro atoms. The average molecular weight is 256 g/mol. The lowest BCUT2D eigenvalue weighted by Crippen LogP contribution is -2.62. The van der Waals surface area contributed by atoms with Crippen molar-refractivity contribution in [3.63, 3.8) is 0 Å². The Morgan fingerprint density at radius 3 is 2.17 bits per heavy atom. The lowest BCUT2D eigenvalue weighted by atomic mass is 9.72. The fourth-order valence-corrected chi connectivity index (χ4v) is 2.66. The number of carbonyl (C=O) groups excluding carboxylic acids is 1. The Kier molecular flexibility index (Phi) is 3.36. The fourth-order valence-electron chi connectivity index (χ4n) is 2.66. The van der Waals surface area contributed by atoms with E-state index in [1.807, 2.05) is 13.8 Å². The van der Waals surface area contributed by atoms with Crippen LogP contribution in [0.4, 0.5) is 9.59 Å². The third-order valence-electron chi connectivity index (χ3n) is 3.74. The van der Waals surface area contributed by atoms with Gasteiger partial charge in [-0.1, -0.05) is 0 Å².